The summed E-state index contributed by atoms with van der Waals surface area (Å²) in [4.78, 5) is 24.8. The first kappa shape index (κ1) is 20.3. The fourth-order valence-corrected chi connectivity index (χ4v) is 3.92. The monoisotopic (exact) mass is 386 g/mol. The highest BCUT2D eigenvalue weighted by atomic mass is 16.3. The number of hydrogen-bond acceptors (Lipinski definition) is 4. The van der Waals surface area contributed by atoms with Crippen LogP contribution in [0.5, 0.6) is 0 Å². The molecule has 1 aromatic heterocycles. The lowest BCUT2D eigenvalue weighted by atomic mass is 9.86. The first-order chi connectivity index (χ1) is 13.2. The molecule has 1 aliphatic carbocycles. The van der Waals surface area contributed by atoms with Crippen molar-refractivity contribution in [1.29, 1.82) is 0 Å². The van der Waals surface area contributed by atoms with Crippen LogP contribution in [0.15, 0.2) is 24.3 Å². The van der Waals surface area contributed by atoms with Crippen molar-refractivity contribution in [3.8, 4) is 0 Å². The maximum absolute atomic E-state index is 12.9. The number of aromatic nitrogens is 2. The molecule has 7 nitrogen and oxygen atoms in total. The number of nitrogens with one attached hydrogen (secondary N) is 1. The Hall–Kier alpha value is -2.41. The largest absolute Gasteiger partial charge is 0.393 e. The predicted molar refractivity (Wildman–Crippen MR) is 108 cm³/mol. The third-order valence-electron chi connectivity index (χ3n) is 5.55. The van der Waals surface area contributed by atoms with Crippen LogP contribution in [-0.2, 0) is 11.3 Å². The molecule has 28 heavy (non-hydrogen) atoms. The van der Waals surface area contributed by atoms with Crippen molar-refractivity contribution in [3.05, 3.63) is 30.0 Å². The number of nitrogens with zero attached hydrogens (tertiary/aromatic N) is 2. The molecule has 1 aliphatic rings. The Kier molecular flexibility index (Phi) is 5.74. The van der Waals surface area contributed by atoms with E-state index in [1.165, 1.54) is 0 Å². The minimum absolute atomic E-state index is 0.199. The number of hydrogen-bond donors (Lipinski definition) is 3. The van der Waals surface area contributed by atoms with Crippen LogP contribution >= 0.6 is 0 Å². The number of aliphatic hydroxyl groups is 1. The second kappa shape index (κ2) is 7.91. The number of fused-ring (bicyclic) bond motifs is 1. The zero-order chi connectivity index (χ0) is 20.5. The number of rotatable bonds is 5. The SMILES string of the molecule is CC(C)(C)[C@H](NC(=O)c1nn(CC2CCC(O)CC2)c2ccccc12)C(N)=O. The number of carbonyl (C=O) groups excluding carboxylic acids is 2. The number of carbonyl (C=O) groups is 2. The van der Waals surface area contributed by atoms with E-state index in [1.54, 1.807) is 0 Å². The summed E-state index contributed by atoms with van der Waals surface area (Å²) in [6, 6.07) is 6.83. The van der Waals surface area contributed by atoms with E-state index >= 15 is 0 Å². The molecule has 7 heteroatoms. The molecule has 0 aliphatic heterocycles. The zero-order valence-electron chi connectivity index (χ0n) is 16.8. The highest BCUT2D eigenvalue weighted by Crippen LogP contribution is 2.28. The molecule has 0 unspecified atom stereocenters. The standard InChI is InChI=1S/C21H30N4O3/c1-21(2,3)18(19(22)27)23-20(28)17-15-6-4-5-7-16(15)25(24-17)12-13-8-10-14(26)11-9-13/h4-7,13-14,18,26H,8-12H2,1-3H3,(H2,22,27)(H,23,28)/t13?,14?,18-/m1/s1. The second-order valence-corrected chi connectivity index (χ2v) is 8.90. The van der Waals surface area contributed by atoms with Crippen LogP contribution < -0.4 is 11.1 Å². The van der Waals surface area contributed by atoms with Gasteiger partial charge in [0.2, 0.25) is 5.91 Å². The molecule has 0 bridgehead atoms. The highest BCUT2D eigenvalue weighted by molar-refractivity contribution is 6.06. The van der Waals surface area contributed by atoms with Crippen LogP contribution in [0.1, 0.15) is 56.9 Å². The number of amides is 2. The van der Waals surface area contributed by atoms with E-state index < -0.39 is 23.3 Å². The van der Waals surface area contributed by atoms with Crippen LogP contribution in [0.25, 0.3) is 10.9 Å². The van der Waals surface area contributed by atoms with Gasteiger partial charge in [0.25, 0.3) is 5.91 Å². The molecule has 1 atom stereocenters. The maximum atomic E-state index is 12.9. The van der Waals surface area contributed by atoms with Gasteiger partial charge in [-0.15, -0.1) is 0 Å². The van der Waals surface area contributed by atoms with Crippen molar-refractivity contribution >= 4 is 22.7 Å². The summed E-state index contributed by atoms with van der Waals surface area (Å²) in [5.74, 6) is -0.534. The van der Waals surface area contributed by atoms with Crippen molar-refractivity contribution in [2.24, 2.45) is 17.1 Å². The lowest BCUT2D eigenvalue weighted by molar-refractivity contribution is -0.122. The second-order valence-electron chi connectivity index (χ2n) is 8.90. The van der Waals surface area contributed by atoms with Gasteiger partial charge in [-0.05, 0) is 43.1 Å². The fraction of sp³-hybridized carbons (Fsp3) is 0.571. The van der Waals surface area contributed by atoms with Gasteiger partial charge >= 0.3 is 0 Å². The van der Waals surface area contributed by atoms with Crippen LogP contribution in [0.4, 0.5) is 0 Å². The van der Waals surface area contributed by atoms with Crippen LogP contribution in [0.2, 0.25) is 0 Å². The smallest absolute Gasteiger partial charge is 0.273 e. The lowest BCUT2D eigenvalue weighted by Gasteiger charge is -2.28. The lowest BCUT2D eigenvalue weighted by Crippen LogP contribution is -2.52. The molecule has 2 amide bonds. The van der Waals surface area contributed by atoms with E-state index in [4.69, 9.17) is 5.73 Å². The first-order valence-electron chi connectivity index (χ1n) is 9.90. The zero-order valence-corrected chi connectivity index (χ0v) is 16.8. The Morgan fingerprint density at radius 2 is 1.89 bits per heavy atom. The van der Waals surface area contributed by atoms with Gasteiger partial charge in [-0.25, -0.2) is 0 Å². The van der Waals surface area contributed by atoms with Crippen molar-refractivity contribution in [3.63, 3.8) is 0 Å². The number of aliphatic hydroxyl groups excluding tert-OH is 1. The molecule has 152 valence electrons. The van der Waals surface area contributed by atoms with E-state index in [-0.39, 0.29) is 6.10 Å². The summed E-state index contributed by atoms with van der Waals surface area (Å²) < 4.78 is 1.88. The summed E-state index contributed by atoms with van der Waals surface area (Å²) in [6.07, 6.45) is 3.32. The normalized spacial score (nSPS) is 21.4. The summed E-state index contributed by atoms with van der Waals surface area (Å²) in [7, 11) is 0. The Labute approximate surface area is 165 Å². The van der Waals surface area contributed by atoms with E-state index in [0.29, 0.717) is 18.2 Å². The van der Waals surface area contributed by atoms with Crippen molar-refractivity contribution in [2.75, 3.05) is 0 Å². The number of benzene rings is 1. The van der Waals surface area contributed by atoms with Gasteiger partial charge in [-0.3, -0.25) is 14.3 Å². The molecule has 4 N–H and O–H groups in total. The van der Waals surface area contributed by atoms with Crippen LogP contribution in [0.3, 0.4) is 0 Å². The summed E-state index contributed by atoms with van der Waals surface area (Å²) in [5, 5.41) is 17.8. The van der Waals surface area contributed by atoms with Gasteiger partial charge in [-0.1, -0.05) is 39.0 Å². The molecule has 2 aromatic rings. The van der Waals surface area contributed by atoms with Gasteiger partial charge < -0.3 is 16.2 Å². The number of primary amides is 1. The summed E-state index contributed by atoms with van der Waals surface area (Å²) >= 11 is 0. The van der Waals surface area contributed by atoms with Crippen LogP contribution in [0, 0.1) is 11.3 Å². The van der Waals surface area contributed by atoms with E-state index in [2.05, 4.69) is 10.4 Å². The molecule has 1 aromatic carbocycles. The summed E-state index contributed by atoms with van der Waals surface area (Å²) in [6.45, 7) is 6.28. The topological polar surface area (TPSA) is 110 Å². The van der Waals surface area contributed by atoms with Crippen LogP contribution in [-0.4, -0.2) is 38.8 Å². The van der Waals surface area contributed by atoms with Crippen molar-refractivity contribution in [2.45, 2.75) is 65.1 Å². The third-order valence-corrected chi connectivity index (χ3v) is 5.55. The Bertz CT molecular complexity index is 860. The molecule has 0 spiro atoms. The Morgan fingerprint density at radius 1 is 1.25 bits per heavy atom. The average Bonchev–Trinajstić information content (AvgIpc) is 2.99. The molecule has 0 saturated heterocycles. The Balaban J connectivity index is 1.87. The molecule has 1 saturated carbocycles. The molecule has 1 fully saturated rings. The van der Waals surface area contributed by atoms with E-state index in [9.17, 15) is 14.7 Å². The molecule has 3 rings (SSSR count). The fourth-order valence-electron chi connectivity index (χ4n) is 3.92. The summed E-state index contributed by atoms with van der Waals surface area (Å²) in [5.41, 5.74) is 6.21. The third kappa shape index (κ3) is 4.35. The van der Waals surface area contributed by atoms with Gasteiger partial charge in [0.05, 0.1) is 11.6 Å². The minimum atomic E-state index is -0.788. The molecular formula is C21H30N4O3. The number of nitrogens with two attached hydrogens (primary N) is 1. The predicted octanol–water partition coefficient (Wildman–Crippen LogP) is 2.22. The van der Waals surface area contributed by atoms with Crippen molar-refractivity contribution in [1.82, 2.24) is 15.1 Å². The van der Waals surface area contributed by atoms with Gasteiger partial charge in [0.1, 0.15) is 6.04 Å². The number of para-hydroxylation sites is 1. The molecular weight excluding hydrogens is 356 g/mol. The minimum Gasteiger partial charge on any atom is -0.393 e. The quantitative estimate of drug-likeness (QED) is 0.732. The van der Waals surface area contributed by atoms with Crippen molar-refractivity contribution < 1.29 is 14.7 Å². The van der Waals surface area contributed by atoms with Gasteiger partial charge in [0, 0.05) is 11.9 Å². The van der Waals surface area contributed by atoms with E-state index in [0.717, 1.165) is 36.6 Å². The van der Waals surface area contributed by atoms with E-state index in [1.807, 2.05) is 49.7 Å². The highest BCUT2D eigenvalue weighted by Gasteiger charge is 2.32. The van der Waals surface area contributed by atoms with Gasteiger partial charge in [0.15, 0.2) is 5.69 Å². The Morgan fingerprint density at radius 3 is 2.50 bits per heavy atom. The van der Waals surface area contributed by atoms with Gasteiger partial charge in [-0.2, -0.15) is 5.10 Å². The first-order valence-corrected chi connectivity index (χ1v) is 9.90. The molecule has 0 radical (unpaired) electrons. The maximum Gasteiger partial charge on any atom is 0.273 e. The average molecular weight is 386 g/mol. The molecule has 1 heterocycles.